The molecule has 0 bridgehead atoms. The molecule has 0 saturated carbocycles. The van der Waals surface area contributed by atoms with Gasteiger partial charge < -0.3 is 5.32 Å². The summed E-state index contributed by atoms with van der Waals surface area (Å²) in [6, 6.07) is 8.27. The van der Waals surface area contributed by atoms with Crippen molar-refractivity contribution < 1.29 is 0 Å². The molecule has 17 heavy (non-hydrogen) atoms. The largest absolute Gasteiger partial charge is 0.308 e. The average Bonchev–Trinajstić information content (AvgIpc) is 2.27. The fourth-order valence-corrected chi connectivity index (χ4v) is 2.15. The summed E-state index contributed by atoms with van der Waals surface area (Å²) >= 11 is 3.56. The molecule has 0 amide bonds. The second-order valence-corrected chi connectivity index (χ2v) is 6.06. The Hall–Kier alpha value is -0.930. The Morgan fingerprint density at radius 2 is 2.00 bits per heavy atom. The van der Waals surface area contributed by atoms with E-state index >= 15 is 0 Å². The molecule has 0 aliphatic rings. The molecule has 90 valence electrons. The fourth-order valence-electron chi connectivity index (χ4n) is 1.70. The van der Waals surface area contributed by atoms with Crippen molar-refractivity contribution in [1.82, 2.24) is 10.3 Å². The molecule has 0 unspecified atom stereocenters. The molecule has 0 atom stereocenters. The predicted octanol–water partition coefficient (Wildman–Crippen LogP) is 3.89. The average molecular weight is 293 g/mol. The second kappa shape index (κ2) is 4.75. The first-order valence-corrected chi connectivity index (χ1v) is 6.54. The maximum atomic E-state index is 4.47. The van der Waals surface area contributed by atoms with Gasteiger partial charge in [-0.05, 0) is 38.5 Å². The molecule has 2 aromatic rings. The van der Waals surface area contributed by atoms with Crippen LogP contribution in [0, 0.1) is 0 Å². The van der Waals surface area contributed by atoms with Crippen molar-refractivity contribution in [2.24, 2.45) is 0 Å². The van der Waals surface area contributed by atoms with Crippen LogP contribution in [-0.4, -0.2) is 10.5 Å². The fraction of sp³-hybridized carbons (Fsp3) is 0.357. The number of nitrogens with zero attached hydrogens (tertiary/aromatic N) is 1. The van der Waals surface area contributed by atoms with Crippen LogP contribution in [-0.2, 0) is 6.54 Å². The van der Waals surface area contributed by atoms with Gasteiger partial charge in [0.05, 0.1) is 5.52 Å². The highest BCUT2D eigenvalue weighted by Crippen LogP contribution is 2.25. The molecule has 0 aliphatic carbocycles. The van der Waals surface area contributed by atoms with E-state index in [0.29, 0.717) is 0 Å². The number of fused-ring (bicyclic) bond motifs is 1. The summed E-state index contributed by atoms with van der Waals surface area (Å²) in [5, 5.41) is 4.66. The molecule has 0 radical (unpaired) electrons. The van der Waals surface area contributed by atoms with Crippen molar-refractivity contribution in [3.05, 3.63) is 40.5 Å². The molecule has 2 rings (SSSR count). The first-order chi connectivity index (χ1) is 7.97. The lowest BCUT2D eigenvalue weighted by Crippen LogP contribution is -2.35. The van der Waals surface area contributed by atoms with Gasteiger partial charge in [0.25, 0.3) is 0 Å². The summed E-state index contributed by atoms with van der Waals surface area (Å²) in [6.45, 7) is 7.34. The van der Waals surface area contributed by atoms with Gasteiger partial charge >= 0.3 is 0 Å². The topological polar surface area (TPSA) is 24.9 Å². The van der Waals surface area contributed by atoms with Crippen LogP contribution in [0.5, 0.6) is 0 Å². The SMILES string of the molecule is CC(C)(C)NCc1ccc(Br)c2cccnc12. The van der Waals surface area contributed by atoms with Crippen LogP contribution < -0.4 is 5.32 Å². The lowest BCUT2D eigenvalue weighted by atomic mass is 10.1. The van der Waals surface area contributed by atoms with E-state index in [0.717, 1.165) is 16.5 Å². The molecular weight excluding hydrogens is 276 g/mol. The van der Waals surface area contributed by atoms with Gasteiger partial charge in [0.2, 0.25) is 0 Å². The van der Waals surface area contributed by atoms with Gasteiger partial charge in [-0.3, -0.25) is 4.98 Å². The van der Waals surface area contributed by atoms with Gasteiger partial charge in [-0.2, -0.15) is 0 Å². The van der Waals surface area contributed by atoms with Crippen molar-refractivity contribution in [1.29, 1.82) is 0 Å². The first-order valence-electron chi connectivity index (χ1n) is 5.74. The van der Waals surface area contributed by atoms with Crippen molar-refractivity contribution in [3.63, 3.8) is 0 Å². The lowest BCUT2D eigenvalue weighted by molar-refractivity contribution is 0.425. The molecule has 0 fully saturated rings. The van der Waals surface area contributed by atoms with E-state index in [1.165, 1.54) is 10.9 Å². The van der Waals surface area contributed by atoms with E-state index in [1.54, 1.807) is 0 Å². The Bertz CT molecular complexity index is 529. The number of pyridine rings is 1. The van der Waals surface area contributed by atoms with E-state index in [-0.39, 0.29) is 5.54 Å². The zero-order valence-corrected chi connectivity index (χ0v) is 12.0. The standard InChI is InChI=1S/C14H17BrN2/c1-14(2,3)17-9-10-6-7-12(15)11-5-4-8-16-13(10)11/h4-8,17H,9H2,1-3H3. The normalized spacial score (nSPS) is 12.0. The number of nitrogens with one attached hydrogen (secondary N) is 1. The Balaban J connectivity index is 2.38. The van der Waals surface area contributed by atoms with Crippen LogP contribution in [0.15, 0.2) is 34.9 Å². The molecule has 1 aromatic carbocycles. The zero-order chi connectivity index (χ0) is 12.5. The minimum Gasteiger partial charge on any atom is -0.308 e. The predicted molar refractivity (Wildman–Crippen MR) is 76.0 cm³/mol. The summed E-state index contributed by atoms with van der Waals surface area (Å²) in [5.74, 6) is 0. The highest BCUT2D eigenvalue weighted by molar-refractivity contribution is 9.10. The van der Waals surface area contributed by atoms with E-state index in [2.05, 4.69) is 65.2 Å². The van der Waals surface area contributed by atoms with Crippen LogP contribution >= 0.6 is 15.9 Å². The summed E-state index contributed by atoms with van der Waals surface area (Å²) < 4.78 is 1.10. The minimum atomic E-state index is 0.119. The summed E-state index contributed by atoms with van der Waals surface area (Å²) in [6.07, 6.45) is 1.84. The van der Waals surface area contributed by atoms with Gasteiger partial charge in [0.1, 0.15) is 0 Å². The maximum Gasteiger partial charge on any atom is 0.0758 e. The van der Waals surface area contributed by atoms with E-state index < -0.39 is 0 Å². The summed E-state index contributed by atoms with van der Waals surface area (Å²) in [5.41, 5.74) is 2.42. The van der Waals surface area contributed by atoms with Crippen molar-refractivity contribution >= 4 is 26.8 Å². The molecule has 1 heterocycles. The quantitative estimate of drug-likeness (QED) is 0.908. The number of aromatic nitrogens is 1. The highest BCUT2D eigenvalue weighted by Gasteiger charge is 2.11. The molecule has 0 aliphatic heterocycles. The minimum absolute atomic E-state index is 0.119. The van der Waals surface area contributed by atoms with E-state index in [1.807, 2.05) is 12.3 Å². The van der Waals surface area contributed by atoms with Gasteiger partial charge in [-0.15, -0.1) is 0 Å². The van der Waals surface area contributed by atoms with Gasteiger partial charge in [0.15, 0.2) is 0 Å². The van der Waals surface area contributed by atoms with Crippen LogP contribution in [0.1, 0.15) is 26.3 Å². The number of hydrogen-bond donors (Lipinski definition) is 1. The first kappa shape index (κ1) is 12.5. The molecule has 1 N–H and O–H groups in total. The Kier molecular flexibility index (Phi) is 3.50. The molecule has 3 heteroatoms. The summed E-state index contributed by atoms with van der Waals surface area (Å²) in [7, 11) is 0. The smallest absolute Gasteiger partial charge is 0.0758 e. The van der Waals surface area contributed by atoms with E-state index in [9.17, 15) is 0 Å². The second-order valence-electron chi connectivity index (χ2n) is 5.21. The Labute approximate surface area is 111 Å². The van der Waals surface area contributed by atoms with Crippen molar-refractivity contribution in [2.75, 3.05) is 0 Å². The third-order valence-electron chi connectivity index (χ3n) is 2.61. The Morgan fingerprint density at radius 3 is 2.71 bits per heavy atom. The Morgan fingerprint density at radius 1 is 1.24 bits per heavy atom. The zero-order valence-electron chi connectivity index (χ0n) is 10.4. The van der Waals surface area contributed by atoms with Gasteiger partial charge in [-0.1, -0.05) is 28.1 Å². The number of halogens is 1. The summed E-state index contributed by atoms with van der Waals surface area (Å²) in [4.78, 5) is 4.47. The molecule has 2 nitrogen and oxygen atoms in total. The van der Waals surface area contributed by atoms with E-state index in [4.69, 9.17) is 0 Å². The van der Waals surface area contributed by atoms with Gasteiger partial charge in [-0.25, -0.2) is 0 Å². The van der Waals surface area contributed by atoms with Gasteiger partial charge in [0, 0.05) is 28.1 Å². The monoisotopic (exact) mass is 292 g/mol. The molecule has 0 spiro atoms. The highest BCUT2D eigenvalue weighted by atomic mass is 79.9. The van der Waals surface area contributed by atoms with Crippen molar-refractivity contribution in [3.8, 4) is 0 Å². The molecular formula is C14H17BrN2. The maximum absolute atomic E-state index is 4.47. The number of benzene rings is 1. The lowest BCUT2D eigenvalue weighted by Gasteiger charge is -2.21. The third-order valence-corrected chi connectivity index (χ3v) is 3.30. The van der Waals surface area contributed by atoms with Crippen LogP contribution in [0.3, 0.4) is 0 Å². The van der Waals surface area contributed by atoms with Crippen molar-refractivity contribution in [2.45, 2.75) is 32.9 Å². The third kappa shape index (κ3) is 3.05. The van der Waals surface area contributed by atoms with Crippen LogP contribution in [0.4, 0.5) is 0 Å². The number of hydrogen-bond acceptors (Lipinski definition) is 2. The van der Waals surface area contributed by atoms with Crippen LogP contribution in [0.2, 0.25) is 0 Å². The molecule has 1 aromatic heterocycles. The molecule has 0 saturated heterocycles. The number of rotatable bonds is 2. The van der Waals surface area contributed by atoms with Crippen LogP contribution in [0.25, 0.3) is 10.9 Å².